The molecule has 4 heterocycles. The Morgan fingerprint density at radius 2 is 2.06 bits per heavy atom. The SMILES string of the molecule is CCN(C)c1c2c(nc3cccc(N)c13)-c1cc3c(c(=O)n1C2)COC(=O)[C@@]3(CC)OC(C)=O. The number of nitrogens with two attached hydrogens (primary N) is 1. The Bertz CT molecular complexity index is 1440. The highest BCUT2D eigenvalue weighted by Crippen LogP contribution is 2.44. The molecule has 2 N–H and O–H groups in total. The Balaban J connectivity index is 1.84. The number of nitrogen functional groups attached to an aromatic ring is 1. The van der Waals surface area contributed by atoms with E-state index in [0.29, 0.717) is 40.3 Å². The predicted octanol–water partition coefficient (Wildman–Crippen LogP) is 2.69. The van der Waals surface area contributed by atoms with Crippen LogP contribution in [-0.2, 0) is 37.8 Å². The van der Waals surface area contributed by atoms with E-state index in [2.05, 4.69) is 4.90 Å². The minimum absolute atomic E-state index is 0.139. The van der Waals surface area contributed by atoms with Crippen molar-refractivity contribution in [2.75, 3.05) is 24.2 Å². The van der Waals surface area contributed by atoms with Gasteiger partial charge in [0, 0.05) is 42.7 Å². The van der Waals surface area contributed by atoms with E-state index in [1.165, 1.54) is 6.92 Å². The first-order valence-corrected chi connectivity index (χ1v) is 11.3. The number of hydrogen-bond acceptors (Lipinski definition) is 8. The van der Waals surface area contributed by atoms with E-state index in [9.17, 15) is 14.4 Å². The highest BCUT2D eigenvalue weighted by Gasteiger charge is 2.50. The standard InChI is InChI=1S/C25H26N4O5/c1-5-25(34-13(3)30)16-10-19-21-14(11-29(19)23(31)15(16)12-33-24(25)32)22(28(4)6-2)20-17(26)8-7-9-18(20)27-21/h7-10H,5-6,11-12,26H2,1-4H3/t25-/m0/s1. The van der Waals surface area contributed by atoms with Gasteiger partial charge in [0.15, 0.2) is 0 Å². The zero-order chi connectivity index (χ0) is 24.4. The van der Waals surface area contributed by atoms with Crippen molar-refractivity contribution in [3.05, 3.63) is 51.3 Å². The van der Waals surface area contributed by atoms with Crippen LogP contribution < -0.4 is 16.2 Å². The molecule has 0 spiro atoms. The van der Waals surface area contributed by atoms with Crippen molar-refractivity contribution >= 4 is 34.2 Å². The molecule has 34 heavy (non-hydrogen) atoms. The monoisotopic (exact) mass is 462 g/mol. The second-order valence-electron chi connectivity index (χ2n) is 8.71. The lowest BCUT2D eigenvalue weighted by atomic mass is 9.85. The third-order valence-electron chi connectivity index (χ3n) is 6.86. The molecular weight excluding hydrogens is 436 g/mol. The van der Waals surface area contributed by atoms with E-state index in [0.717, 1.165) is 23.2 Å². The molecule has 176 valence electrons. The van der Waals surface area contributed by atoms with Crippen molar-refractivity contribution in [2.24, 2.45) is 0 Å². The van der Waals surface area contributed by atoms with Crippen LogP contribution in [-0.4, -0.2) is 35.1 Å². The predicted molar refractivity (Wildman–Crippen MR) is 127 cm³/mol. The molecule has 0 fully saturated rings. The van der Waals surface area contributed by atoms with Gasteiger partial charge in [-0.05, 0) is 31.5 Å². The summed E-state index contributed by atoms with van der Waals surface area (Å²) < 4.78 is 12.5. The van der Waals surface area contributed by atoms with Gasteiger partial charge in [0.1, 0.15) is 6.61 Å². The summed E-state index contributed by atoms with van der Waals surface area (Å²) in [4.78, 5) is 45.4. The Hall–Kier alpha value is -3.88. The number of fused-ring (bicyclic) bond motifs is 5. The minimum Gasteiger partial charge on any atom is -0.457 e. The van der Waals surface area contributed by atoms with Crippen LogP contribution in [0.2, 0.25) is 0 Å². The lowest BCUT2D eigenvalue weighted by Gasteiger charge is -2.35. The lowest BCUT2D eigenvalue weighted by molar-refractivity contribution is -0.188. The summed E-state index contributed by atoms with van der Waals surface area (Å²) in [6.07, 6.45) is 0.139. The Morgan fingerprint density at radius 1 is 1.29 bits per heavy atom. The van der Waals surface area contributed by atoms with Crippen LogP contribution in [0.5, 0.6) is 0 Å². The molecule has 2 aromatic heterocycles. The zero-order valence-electron chi connectivity index (χ0n) is 19.6. The van der Waals surface area contributed by atoms with Crippen LogP contribution in [0.1, 0.15) is 43.9 Å². The largest absolute Gasteiger partial charge is 0.457 e. The topological polar surface area (TPSA) is 117 Å². The molecule has 2 aliphatic rings. The molecule has 0 unspecified atom stereocenters. The quantitative estimate of drug-likeness (QED) is 0.363. The summed E-state index contributed by atoms with van der Waals surface area (Å²) in [6, 6.07) is 7.34. The molecule has 3 aromatic rings. The molecule has 0 amide bonds. The van der Waals surface area contributed by atoms with Crippen molar-refractivity contribution in [2.45, 2.75) is 45.9 Å². The first-order chi connectivity index (χ1) is 16.2. The normalized spacial score (nSPS) is 18.2. The van der Waals surface area contributed by atoms with Gasteiger partial charge in [-0.15, -0.1) is 0 Å². The maximum atomic E-state index is 13.6. The lowest BCUT2D eigenvalue weighted by Crippen LogP contribution is -2.47. The molecule has 0 bridgehead atoms. The molecule has 5 rings (SSSR count). The molecule has 9 nitrogen and oxygen atoms in total. The van der Waals surface area contributed by atoms with Gasteiger partial charge in [-0.1, -0.05) is 13.0 Å². The van der Waals surface area contributed by atoms with E-state index >= 15 is 0 Å². The van der Waals surface area contributed by atoms with Gasteiger partial charge < -0.3 is 24.7 Å². The fourth-order valence-corrected chi connectivity index (χ4v) is 5.11. The van der Waals surface area contributed by atoms with Crippen LogP contribution in [0.4, 0.5) is 11.4 Å². The van der Waals surface area contributed by atoms with Gasteiger partial charge >= 0.3 is 11.9 Å². The van der Waals surface area contributed by atoms with E-state index in [4.69, 9.17) is 20.2 Å². The number of carbonyl (C=O) groups excluding carboxylic acids is 2. The Labute approximate surface area is 196 Å². The number of aromatic nitrogens is 2. The molecule has 0 radical (unpaired) electrons. The maximum absolute atomic E-state index is 13.6. The number of hydrogen-bond donors (Lipinski definition) is 1. The molecule has 9 heteroatoms. The average Bonchev–Trinajstić information content (AvgIpc) is 3.18. The van der Waals surface area contributed by atoms with E-state index < -0.39 is 17.5 Å². The summed E-state index contributed by atoms with van der Waals surface area (Å²) in [5.41, 5.74) is 9.46. The molecule has 0 saturated heterocycles. The van der Waals surface area contributed by atoms with Gasteiger partial charge in [-0.3, -0.25) is 9.59 Å². The number of ether oxygens (including phenoxy) is 2. The van der Waals surface area contributed by atoms with Crippen LogP contribution in [0.3, 0.4) is 0 Å². The second-order valence-corrected chi connectivity index (χ2v) is 8.71. The summed E-state index contributed by atoms with van der Waals surface area (Å²) in [6.45, 7) is 5.88. The third-order valence-corrected chi connectivity index (χ3v) is 6.86. The molecule has 2 aliphatic heterocycles. The summed E-state index contributed by atoms with van der Waals surface area (Å²) in [7, 11) is 1.98. The fourth-order valence-electron chi connectivity index (χ4n) is 5.11. The molecule has 1 atom stereocenters. The van der Waals surface area contributed by atoms with Gasteiger partial charge in [0.25, 0.3) is 5.56 Å². The third kappa shape index (κ3) is 2.85. The summed E-state index contributed by atoms with van der Waals surface area (Å²) in [5, 5.41) is 0.845. The zero-order valence-corrected chi connectivity index (χ0v) is 19.6. The van der Waals surface area contributed by atoms with Gasteiger partial charge in [-0.25, -0.2) is 9.78 Å². The summed E-state index contributed by atoms with van der Waals surface area (Å²) >= 11 is 0. The molecule has 0 aliphatic carbocycles. The summed E-state index contributed by atoms with van der Waals surface area (Å²) in [5.74, 6) is -1.30. The average molecular weight is 463 g/mol. The van der Waals surface area contributed by atoms with E-state index in [1.807, 2.05) is 32.2 Å². The van der Waals surface area contributed by atoms with Crippen LogP contribution in [0.25, 0.3) is 22.3 Å². The highest BCUT2D eigenvalue weighted by atomic mass is 16.6. The fraction of sp³-hybridized carbons (Fsp3) is 0.360. The van der Waals surface area contributed by atoms with Gasteiger partial charge in [0.2, 0.25) is 5.60 Å². The second kappa shape index (κ2) is 7.58. The number of carbonyl (C=O) groups is 2. The number of anilines is 2. The van der Waals surface area contributed by atoms with Crippen LogP contribution in [0, 0.1) is 0 Å². The van der Waals surface area contributed by atoms with Crippen molar-refractivity contribution < 1.29 is 19.1 Å². The molecule has 0 saturated carbocycles. The van der Waals surface area contributed by atoms with Gasteiger partial charge in [0.05, 0.1) is 34.7 Å². The number of nitrogens with zero attached hydrogens (tertiary/aromatic N) is 3. The number of pyridine rings is 2. The van der Waals surface area contributed by atoms with E-state index in [1.54, 1.807) is 17.6 Å². The number of benzene rings is 1. The smallest absolute Gasteiger partial charge is 0.355 e. The first-order valence-electron chi connectivity index (χ1n) is 11.3. The maximum Gasteiger partial charge on any atom is 0.355 e. The van der Waals surface area contributed by atoms with Crippen LogP contribution in [0.15, 0.2) is 29.1 Å². The van der Waals surface area contributed by atoms with Crippen LogP contribution >= 0.6 is 0 Å². The van der Waals surface area contributed by atoms with E-state index in [-0.39, 0.29) is 18.6 Å². The number of rotatable bonds is 4. The molecular formula is C25H26N4O5. The molecule has 1 aromatic carbocycles. The Morgan fingerprint density at radius 3 is 2.74 bits per heavy atom. The van der Waals surface area contributed by atoms with Crippen molar-refractivity contribution in [3.8, 4) is 11.4 Å². The van der Waals surface area contributed by atoms with Gasteiger partial charge in [-0.2, -0.15) is 0 Å². The number of cyclic esters (lactones) is 1. The van der Waals surface area contributed by atoms with Crippen molar-refractivity contribution in [1.82, 2.24) is 9.55 Å². The Kier molecular flexibility index (Phi) is 4.89. The number of esters is 2. The minimum atomic E-state index is -1.67. The van der Waals surface area contributed by atoms with Crippen molar-refractivity contribution in [1.29, 1.82) is 0 Å². The highest BCUT2D eigenvalue weighted by molar-refractivity contribution is 6.04. The van der Waals surface area contributed by atoms with Crippen molar-refractivity contribution in [3.63, 3.8) is 0 Å². The first kappa shape index (κ1) is 21.9.